The van der Waals surface area contributed by atoms with Crippen molar-refractivity contribution < 1.29 is 27.4 Å². The van der Waals surface area contributed by atoms with E-state index in [9.17, 15) is 22.7 Å². The molecule has 0 aliphatic carbocycles. The maximum Gasteiger partial charge on any atom is 0.416 e. The molecule has 5 aromatic rings. The molecular weight excluding hydrogens is 552 g/mol. The highest BCUT2D eigenvalue weighted by atomic mass is 79.9. The van der Waals surface area contributed by atoms with Gasteiger partial charge in [-0.15, -0.1) is 0 Å². The summed E-state index contributed by atoms with van der Waals surface area (Å²) in [7, 11) is 0. The maximum absolute atomic E-state index is 13.4. The van der Waals surface area contributed by atoms with Crippen LogP contribution >= 0.6 is 15.9 Å². The highest BCUT2D eigenvalue weighted by Gasteiger charge is 2.29. The molecule has 1 heterocycles. The summed E-state index contributed by atoms with van der Waals surface area (Å²) in [4.78, 5) is 4.75. The fraction of sp³-hybridized carbons (Fsp3) is 0.107. The Hall–Kier alpha value is -3.85. The van der Waals surface area contributed by atoms with Crippen molar-refractivity contribution >= 4 is 27.0 Å². The molecule has 0 fully saturated rings. The van der Waals surface area contributed by atoms with Gasteiger partial charge in [-0.2, -0.15) is 13.2 Å². The zero-order valence-electron chi connectivity index (χ0n) is 19.1. The number of aromatic nitrogens is 2. The predicted octanol–water partition coefficient (Wildman–Crippen LogP) is 7.96. The summed E-state index contributed by atoms with van der Waals surface area (Å²) in [5.41, 5.74) is 2.62. The molecule has 188 valence electrons. The van der Waals surface area contributed by atoms with Crippen molar-refractivity contribution in [2.75, 3.05) is 0 Å². The van der Waals surface area contributed by atoms with E-state index in [1.54, 1.807) is 42.5 Å². The molecule has 0 amide bonds. The van der Waals surface area contributed by atoms with Crippen molar-refractivity contribution in [1.29, 1.82) is 0 Å². The number of hydrogen-bond acceptors (Lipinski definition) is 3. The second-order valence-electron chi connectivity index (χ2n) is 8.44. The van der Waals surface area contributed by atoms with E-state index in [0.29, 0.717) is 39.2 Å². The molecule has 0 radical (unpaired) electrons. The number of phenols is 1. The van der Waals surface area contributed by atoms with Crippen LogP contribution in [-0.2, 0) is 19.3 Å². The van der Waals surface area contributed by atoms with Gasteiger partial charge in [0.25, 0.3) is 0 Å². The van der Waals surface area contributed by atoms with Crippen molar-refractivity contribution in [2.45, 2.75) is 19.3 Å². The molecule has 0 atom stereocenters. The number of ether oxygens (including phenoxy) is 1. The average molecular weight is 571 g/mol. The second-order valence-corrected chi connectivity index (χ2v) is 9.36. The Labute approximate surface area is 217 Å². The Balaban J connectivity index is 1.48. The highest BCUT2D eigenvalue weighted by molar-refractivity contribution is 9.10. The van der Waals surface area contributed by atoms with Gasteiger partial charge >= 0.3 is 6.18 Å². The molecule has 0 spiro atoms. The zero-order chi connectivity index (χ0) is 26.2. The van der Waals surface area contributed by atoms with Gasteiger partial charge in [0.1, 0.15) is 29.7 Å². The quantitative estimate of drug-likeness (QED) is 0.211. The van der Waals surface area contributed by atoms with Gasteiger partial charge in [0.05, 0.1) is 22.2 Å². The lowest BCUT2D eigenvalue weighted by molar-refractivity contribution is -0.137. The first-order valence-corrected chi connectivity index (χ1v) is 12.0. The molecule has 4 aromatic carbocycles. The smallest absolute Gasteiger partial charge is 0.416 e. The Morgan fingerprint density at radius 2 is 1.57 bits per heavy atom. The highest BCUT2D eigenvalue weighted by Crippen LogP contribution is 2.35. The lowest BCUT2D eigenvalue weighted by Crippen LogP contribution is -2.05. The predicted molar refractivity (Wildman–Crippen MR) is 136 cm³/mol. The minimum atomic E-state index is -4.39. The Morgan fingerprint density at radius 1 is 0.865 bits per heavy atom. The Morgan fingerprint density at radius 3 is 2.24 bits per heavy atom. The molecule has 0 bridgehead atoms. The number of hydrogen-bond donors (Lipinski definition) is 1. The summed E-state index contributed by atoms with van der Waals surface area (Å²) in [5, 5.41) is 10.6. The van der Waals surface area contributed by atoms with Crippen molar-refractivity contribution in [3.8, 4) is 22.9 Å². The minimum absolute atomic E-state index is 0.0452. The topological polar surface area (TPSA) is 47.3 Å². The summed E-state index contributed by atoms with van der Waals surface area (Å²) in [6.07, 6.45) is -4.39. The summed E-state index contributed by atoms with van der Waals surface area (Å²) < 4.78 is 60.3. The number of nitrogens with zero attached hydrogens (tertiary/aromatic N) is 2. The van der Waals surface area contributed by atoms with Gasteiger partial charge in [0.15, 0.2) is 0 Å². The number of benzene rings is 4. The van der Waals surface area contributed by atoms with Crippen LogP contribution in [0.25, 0.3) is 22.4 Å². The van der Waals surface area contributed by atoms with E-state index in [4.69, 9.17) is 9.72 Å². The van der Waals surface area contributed by atoms with Crippen LogP contribution in [-0.4, -0.2) is 14.7 Å². The summed E-state index contributed by atoms with van der Waals surface area (Å²) in [6, 6.07) is 21.4. The Bertz CT molecular complexity index is 1560. The third kappa shape index (κ3) is 5.46. The van der Waals surface area contributed by atoms with Gasteiger partial charge in [-0.25, -0.2) is 9.37 Å². The third-order valence-corrected chi connectivity index (χ3v) is 6.35. The van der Waals surface area contributed by atoms with E-state index in [0.717, 1.165) is 23.2 Å². The van der Waals surface area contributed by atoms with Crippen LogP contribution < -0.4 is 4.74 Å². The molecule has 1 N–H and O–H groups in total. The van der Waals surface area contributed by atoms with Gasteiger partial charge in [-0.05, 0) is 65.7 Å². The largest absolute Gasteiger partial charge is 0.507 e. The van der Waals surface area contributed by atoms with Crippen molar-refractivity contribution in [3.63, 3.8) is 0 Å². The zero-order valence-corrected chi connectivity index (χ0v) is 20.7. The van der Waals surface area contributed by atoms with Crippen LogP contribution in [0.4, 0.5) is 17.6 Å². The molecular formula is C28H19BrF4N2O2. The van der Waals surface area contributed by atoms with E-state index in [1.165, 1.54) is 24.3 Å². The number of imidazole rings is 1. The number of fused-ring (bicyclic) bond motifs is 1. The van der Waals surface area contributed by atoms with Crippen LogP contribution in [0.3, 0.4) is 0 Å². The molecule has 5 rings (SSSR count). The van der Waals surface area contributed by atoms with Crippen LogP contribution in [0.1, 0.15) is 16.7 Å². The summed E-state index contributed by atoms with van der Waals surface area (Å²) >= 11 is 3.35. The van der Waals surface area contributed by atoms with Crippen LogP contribution in [0, 0.1) is 5.82 Å². The number of aromatic hydroxyl groups is 1. The fourth-order valence-corrected chi connectivity index (χ4v) is 4.34. The minimum Gasteiger partial charge on any atom is -0.507 e. The molecule has 4 nitrogen and oxygen atoms in total. The lowest BCUT2D eigenvalue weighted by Gasteiger charge is -2.12. The number of phenolic OH excluding ortho intramolecular Hbond substituents is 1. The first kappa shape index (κ1) is 24.8. The van der Waals surface area contributed by atoms with E-state index >= 15 is 0 Å². The van der Waals surface area contributed by atoms with E-state index < -0.39 is 11.7 Å². The summed E-state index contributed by atoms with van der Waals surface area (Å²) in [5.74, 6) is 0.721. The Kier molecular flexibility index (Phi) is 6.64. The summed E-state index contributed by atoms with van der Waals surface area (Å²) in [6.45, 7) is 0.466. The number of rotatable bonds is 6. The van der Waals surface area contributed by atoms with E-state index in [2.05, 4.69) is 15.9 Å². The van der Waals surface area contributed by atoms with Crippen LogP contribution in [0.2, 0.25) is 0 Å². The van der Waals surface area contributed by atoms with Crippen molar-refractivity contribution in [2.24, 2.45) is 0 Å². The first-order valence-electron chi connectivity index (χ1n) is 11.2. The lowest BCUT2D eigenvalue weighted by atomic mass is 10.1. The number of halogens is 5. The maximum atomic E-state index is 13.4. The molecule has 37 heavy (non-hydrogen) atoms. The molecule has 0 saturated carbocycles. The molecule has 9 heteroatoms. The number of alkyl halides is 3. The second kappa shape index (κ2) is 9.89. The van der Waals surface area contributed by atoms with Crippen LogP contribution in [0.15, 0.2) is 89.4 Å². The van der Waals surface area contributed by atoms with Crippen molar-refractivity contribution in [3.05, 3.63) is 112 Å². The van der Waals surface area contributed by atoms with Gasteiger partial charge in [-0.3, -0.25) is 0 Å². The molecule has 0 aliphatic heterocycles. The van der Waals surface area contributed by atoms with Gasteiger partial charge in [-0.1, -0.05) is 40.2 Å². The molecule has 0 unspecified atom stereocenters. The SMILES string of the molecule is Oc1cc(Br)ccc1-c1nc2cc(OCc3ccc(C(F)(F)F)cc3)ccc2n1Cc1ccc(F)cc1. The van der Waals surface area contributed by atoms with Gasteiger partial charge < -0.3 is 14.4 Å². The normalized spacial score (nSPS) is 11.7. The molecule has 1 aromatic heterocycles. The molecule has 0 saturated heterocycles. The van der Waals surface area contributed by atoms with E-state index in [1.807, 2.05) is 10.6 Å². The van der Waals surface area contributed by atoms with Gasteiger partial charge in [0, 0.05) is 17.1 Å². The van der Waals surface area contributed by atoms with Crippen molar-refractivity contribution in [1.82, 2.24) is 9.55 Å². The monoisotopic (exact) mass is 570 g/mol. The molecule has 0 aliphatic rings. The fourth-order valence-electron chi connectivity index (χ4n) is 3.99. The van der Waals surface area contributed by atoms with E-state index in [-0.39, 0.29) is 18.2 Å². The first-order chi connectivity index (χ1) is 17.7. The standard InChI is InChI=1S/C28H19BrF4N2O2/c29-20-7-11-23(26(36)13-20)27-34-24-14-22(37-16-18-1-5-19(6-2-18)28(31,32)33)10-12-25(24)35(27)15-17-3-8-21(30)9-4-17/h1-14,36H,15-16H2. The van der Waals surface area contributed by atoms with Gasteiger partial charge in [0.2, 0.25) is 0 Å². The van der Waals surface area contributed by atoms with Crippen LogP contribution in [0.5, 0.6) is 11.5 Å². The third-order valence-electron chi connectivity index (χ3n) is 5.86. The average Bonchev–Trinajstić information content (AvgIpc) is 3.21.